The van der Waals surface area contributed by atoms with E-state index >= 15 is 0 Å². The van der Waals surface area contributed by atoms with Gasteiger partial charge in [0.1, 0.15) is 22.9 Å². The number of aryl methyl sites for hydroxylation is 2. The lowest BCUT2D eigenvalue weighted by atomic mass is 9.92. The standard InChI is InChI=1S/C73H46N8/c1-44-35-37-65-55(41-44)50-23-7-14-32-62(50)78(65)69-57(43-74)68(77-58-28-10-3-19-46(58)47-20-4-11-29-59(47)77)70(79-60-30-12-5-21-48(60)49-22-6-13-31-61(49)79)67(71(69)80-63-33-15-8-24-51(63)56-42-45(2)36-38-66(56)80)54-25-9-16-34-64(54)81-72-52(26-17-39-75-72)53-27-18-40-76-73(53)81/h3-42H,1-2H3. The van der Waals surface area contributed by atoms with Crippen molar-refractivity contribution in [1.29, 1.82) is 5.26 Å². The van der Waals surface area contributed by atoms with Crippen molar-refractivity contribution in [3.63, 3.8) is 0 Å². The van der Waals surface area contributed by atoms with E-state index in [0.717, 1.165) is 160 Å². The van der Waals surface area contributed by atoms with Gasteiger partial charge >= 0.3 is 0 Å². The lowest BCUT2D eigenvalue weighted by molar-refractivity contribution is 1.03. The summed E-state index contributed by atoms with van der Waals surface area (Å²) in [5.41, 5.74) is 18.3. The van der Waals surface area contributed by atoms with Gasteiger partial charge in [-0.15, -0.1) is 0 Å². The van der Waals surface area contributed by atoms with E-state index in [2.05, 4.69) is 261 Å². The first-order valence-corrected chi connectivity index (χ1v) is 27.5. The molecule has 7 aromatic heterocycles. The summed E-state index contributed by atoms with van der Waals surface area (Å²) >= 11 is 0. The molecule has 0 aliphatic heterocycles. The molecule has 0 saturated carbocycles. The molecule has 8 nitrogen and oxygen atoms in total. The van der Waals surface area contributed by atoms with Crippen LogP contribution in [-0.2, 0) is 0 Å². The molecular weight excluding hydrogens is 989 g/mol. The minimum absolute atomic E-state index is 0.510. The first kappa shape index (κ1) is 45.1. The van der Waals surface area contributed by atoms with Crippen LogP contribution in [0.5, 0.6) is 0 Å². The van der Waals surface area contributed by atoms with Gasteiger partial charge in [0, 0.05) is 77.4 Å². The number of nitriles is 1. The number of para-hydroxylation sites is 7. The van der Waals surface area contributed by atoms with Crippen LogP contribution in [-0.4, -0.2) is 32.8 Å². The maximum absolute atomic E-state index is 13.0. The Balaban J connectivity index is 1.24. The van der Waals surface area contributed by atoms with E-state index in [0.29, 0.717) is 5.56 Å². The highest BCUT2D eigenvalue weighted by Crippen LogP contribution is 2.53. The fourth-order valence-electron chi connectivity index (χ4n) is 13.7. The predicted octanol–water partition coefficient (Wildman–Crippen LogP) is 18.1. The first-order valence-electron chi connectivity index (χ1n) is 27.5. The lowest BCUT2D eigenvalue weighted by Gasteiger charge is -2.30. The quantitative estimate of drug-likeness (QED) is 0.167. The summed E-state index contributed by atoms with van der Waals surface area (Å²) < 4.78 is 12.0. The zero-order valence-electron chi connectivity index (χ0n) is 44.2. The molecular formula is C73H46N8. The van der Waals surface area contributed by atoms with E-state index in [1.54, 1.807) is 0 Å². The smallest absolute Gasteiger partial charge is 0.146 e. The Morgan fingerprint density at radius 1 is 0.309 bits per heavy atom. The normalized spacial score (nSPS) is 12.1. The Morgan fingerprint density at radius 2 is 0.630 bits per heavy atom. The molecule has 0 spiro atoms. The summed E-state index contributed by atoms with van der Waals surface area (Å²) in [5.74, 6) is 0. The van der Waals surface area contributed by atoms with Gasteiger partial charge in [0.2, 0.25) is 0 Å². The van der Waals surface area contributed by atoms with Gasteiger partial charge in [0.25, 0.3) is 0 Å². The first-order chi connectivity index (χ1) is 40.1. The highest BCUT2D eigenvalue weighted by atomic mass is 15.1. The van der Waals surface area contributed by atoms with Crippen molar-refractivity contribution in [3.05, 3.63) is 260 Å². The van der Waals surface area contributed by atoms with Crippen LogP contribution < -0.4 is 0 Å². The third-order valence-corrected chi connectivity index (χ3v) is 16.9. The molecule has 0 fully saturated rings. The summed E-state index contributed by atoms with van der Waals surface area (Å²) in [5, 5.41) is 23.9. The molecule has 0 amide bonds. The van der Waals surface area contributed by atoms with Crippen LogP contribution >= 0.6 is 0 Å². The van der Waals surface area contributed by atoms with Crippen LogP contribution in [0.15, 0.2) is 243 Å². The summed E-state index contributed by atoms with van der Waals surface area (Å²) in [7, 11) is 0. The summed E-state index contributed by atoms with van der Waals surface area (Å²) in [6.45, 7) is 4.33. The molecule has 8 heteroatoms. The predicted molar refractivity (Wildman–Crippen MR) is 333 cm³/mol. The Hall–Kier alpha value is -11.0. The zero-order valence-corrected chi connectivity index (χ0v) is 44.2. The molecule has 81 heavy (non-hydrogen) atoms. The van der Waals surface area contributed by atoms with Gasteiger partial charge in [-0.05, 0) is 105 Å². The topological polar surface area (TPSA) is 74.2 Å². The van der Waals surface area contributed by atoms with E-state index in [1.165, 1.54) is 0 Å². The lowest BCUT2D eigenvalue weighted by Crippen LogP contribution is -2.17. The molecule has 0 radical (unpaired) electrons. The second kappa shape index (κ2) is 17.0. The monoisotopic (exact) mass is 1030 g/mol. The van der Waals surface area contributed by atoms with Crippen molar-refractivity contribution in [2.45, 2.75) is 13.8 Å². The van der Waals surface area contributed by atoms with Crippen LogP contribution in [0.3, 0.4) is 0 Å². The highest BCUT2D eigenvalue weighted by molar-refractivity contribution is 6.18. The van der Waals surface area contributed by atoms with Crippen molar-refractivity contribution in [2.75, 3.05) is 0 Å². The van der Waals surface area contributed by atoms with Gasteiger partial charge in [-0.25, -0.2) is 9.97 Å². The van der Waals surface area contributed by atoms with Gasteiger partial charge in [0.05, 0.1) is 72.6 Å². The van der Waals surface area contributed by atoms with Crippen molar-refractivity contribution in [1.82, 2.24) is 32.8 Å². The van der Waals surface area contributed by atoms with E-state index in [9.17, 15) is 5.26 Å². The third-order valence-electron chi connectivity index (χ3n) is 16.9. The van der Waals surface area contributed by atoms with Crippen LogP contribution in [0.2, 0.25) is 0 Å². The molecule has 0 aliphatic rings. The maximum atomic E-state index is 13.0. The SMILES string of the molecule is Cc1ccc2c(c1)c1ccccc1n2-c1c(C#N)c(-n2c3ccccc3c3ccccc32)c(-n2c3ccccc3c3ccccc32)c(-c2ccccc2-n2c3ncccc3c3cccnc32)c1-n1c2ccccc2c2cc(C)ccc21. The number of pyridine rings is 2. The molecule has 17 aromatic rings. The number of benzene rings is 10. The van der Waals surface area contributed by atoms with Crippen molar-refractivity contribution >= 4 is 109 Å². The van der Waals surface area contributed by atoms with Gasteiger partial charge in [0.15, 0.2) is 0 Å². The Labute approximate surface area is 464 Å². The van der Waals surface area contributed by atoms with Gasteiger partial charge < -0.3 is 18.3 Å². The molecule has 0 N–H and O–H groups in total. The second-order valence-corrected chi connectivity index (χ2v) is 21.3. The Morgan fingerprint density at radius 3 is 1.02 bits per heavy atom. The van der Waals surface area contributed by atoms with Gasteiger partial charge in [-0.2, -0.15) is 5.26 Å². The molecule has 378 valence electrons. The largest absolute Gasteiger partial charge is 0.306 e. The molecule has 10 aromatic carbocycles. The van der Waals surface area contributed by atoms with E-state index in [1.807, 2.05) is 24.5 Å². The number of hydrogen-bond donors (Lipinski definition) is 0. The number of rotatable bonds is 6. The number of nitrogens with zero attached hydrogens (tertiary/aromatic N) is 8. The van der Waals surface area contributed by atoms with Gasteiger partial charge in [-0.1, -0.05) is 151 Å². The van der Waals surface area contributed by atoms with Gasteiger partial charge in [-0.3, -0.25) is 4.57 Å². The minimum atomic E-state index is 0.510. The third kappa shape index (κ3) is 6.17. The Bertz CT molecular complexity index is 5430. The maximum Gasteiger partial charge on any atom is 0.146 e. The van der Waals surface area contributed by atoms with Crippen LogP contribution in [0, 0.1) is 25.2 Å². The second-order valence-electron chi connectivity index (χ2n) is 21.3. The average molecular weight is 1040 g/mol. The van der Waals surface area contributed by atoms with E-state index < -0.39 is 0 Å². The van der Waals surface area contributed by atoms with Crippen molar-refractivity contribution in [3.8, 4) is 45.6 Å². The van der Waals surface area contributed by atoms with Crippen molar-refractivity contribution in [2.24, 2.45) is 0 Å². The Kier molecular flexibility index (Phi) is 9.45. The molecule has 0 atom stereocenters. The fraction of sp³-hybridized carbons (Fsp3) is 0.0274. The molecule has 0 aliphatic carbocycles. The fourth-order valence-corrected chi connectivity index (χ4v) is 13.7. The summed E-state index contributed by atoms with van der Waals surface area (Å²) in [6, 6.07) is 85.9. The highest BCUT2D eigenvalue weighted by Gasteiger charge is 2.36. The summed E-state index contributed by atoms with van der Waals surface area (Å²) in [4.78, 5) is 10.4. The molecule has 0 unspecified atom stereocenters. The van der Waals surface area contributed by atoms with Crippen LogP contribution in [0.4, 0.5) is 0 Å². The van der Waals surface area contributed by atoms with Crippen LogP contribution in [0.25, 0.3) is 149 Å². The van der Waals surface area contributed by atoms with Crippen molar-refractivity contribution < 1.29 is 0 Å². The van der Waals surface area contributed by atoms with E-state index in [-0.39, 0.29) is 0 Å². The summed E-state index contributed by atoms with van der Waals surface area (Å²) in [6.07, 6.45) is 3.75. The minimum Gasteiger partial charge on any atom is -0.306 e. The molecule has 7 heterocycles. The molecule has 17 rings (SSSR count). The number of aromatic nitrogens is 7. The molecule has 0 saturated heterocycles. The number of fused-ring (bicyclic) bond motifs is 15. The average Bonchev–Trinajstić information content (AvgIpc) is 3.79. The zero-order chi connectivity index (χ0) is 53.6. The molecule has 0 bridgehead atoms. The van der Waals surface area contributed by atoms with Crippen LogP contribution in [0.1, 0.15) is 16.7 Å². The van der Waals surface area contributed by atoms with E-state index in [4.69, 9.17) is 9.97 Å². The number of hydrogen-bond acceptors (Lipinski definition) is 3.